The number of rotatable bonds is 8. The van der Waals surface area contributed by atoms with E-state index in [4.69, 9.17) is 14.5 Å². The van der Waals surface area contributed by atoms with Crippen molar-refractivity contribution >= 4 is 54.9 Å². The van der Waals surface area contributed by atoms with E-state index in [1.165, 1.54) is 10.4 Å². The Kier molecular flexibility index (Phi) is 8.59. The fraction of sp³-hybridized carbons (Fsp3) is 0.250. The Labute approximate surface area is 273 Å². The third kappa shape index (κ3) is 6.29. The summed E-state index contributed by atoms with van der Waals surface area (Å²) in [6.45, 7) is 2.22. The van der Waals surface area contributed by atoms with Gasteiger partial charge in [-0.05, 0) is 53.9 Å². The molecule has 4 aromatic carbocycles. The number of amides is 1. The average Bonchev–Trinajstić information content (AvgIpc) is 3.65. The first-order valence-corrected chi connectivity index (χ1v) is 17.1. The van der Waals surface area contributed by atoms with E-state index in [1.54, 1.807) is 24.3 Å². The van der Waals surface area contributed by atoms with Crippen molar-refractivity contribution in [2.45, 2.75) is 17.7 Å². The lowest BCUT2D eigenvalue weighted by molar-refractivity contribution is -0.119. The van der Waals surface area contributed by atoms with Crippen LogP contribution < -0.4 is 10.2 Å². The average molecular weight is 651 g/mol. The Morgan fingerprint density at radius 3 is 2.36 bits per heavy atom. The molecule has 240 valence electrons. The van der Waals surface area contributed by atoms with Gasteiger partial charge in [-0.3, -0.25) is 4.79 Å². The summed E-state index contributed by atoms with van der Waals surface area (Å²) in [5, 5.41) is 5.49. The molecule has 11 heteroatoms. The molecule has 0 radical (unpaired) electrons. The fourth-order valence-electron chi connectivity index (χ4n) is 6.27. The quantitative estimate of drug-likeness (QED) is 0.220. The van der Waals surface area contributed by atoms with Crippen molar-refractivity contribution in [2.75, 3.05) is 56.2 Å². The van der Waals surface area contributed by atoms with E-state index in [0.29, 0.717) is 41.1 Å². The molecule has 1 N–H and O–H groups in total. The molecule has 0 spiro atoms. The SMILES string of the molecule is O=C(COC(=O)c1cc(-c2cccc3ccccc23)nc2ccccc12)Nc1cc(S(=O)(=O)N2CCOCC2)ccc1N1CCCC1. The van der Waals surface area contributed by atoms with Crippen LogP contribution in [0.5, 0.6) is 0 Å². The number of benzene rings is 4. The number of pyridine rings is 1. The largest absolute Gasteiger partial charge is 0.452 e. The molecule has 0 aliphatic carbocycles. The van der Waals surface area contributed by atoms with Crippen molar-refractivity contribution < 1.29 is 27.5 Å². The van der Waals surface area contributed by atoms with Crippen molar-refractivity contribution in [1.29, 1.82) is 0 Å². The van der Waals surface area contributed by atoms with Gasteiger partial charge in [-0.15, -0.1) is 0 Å². The maximum atomic E-state index is 13.6. The van der Waals surface area contributed by atoms with Crippen molar-refractivity contribution in [1.82, 2.24) is 9.29 Å². The van der Waals surface area contributed by atoms with E-state index in [2.05, 4.69) is 10.2 Å². The van der Waals surface area contributed by atoms with Crippen LogP contribution in [0.25, 0.3) is 32.9 Å². The zero-order valence-electron chi connectivity index (χ0n) is 25.7. The predicted molar refractivity (Wildman–Crippen MR) is 181 cm³/mol. The zero-order chi connectivity index (χ0) is 32.4. The van der Waals surface area contributed by atoms with Gasteiger partial charge < -0.3 is 19.7 Å². The summed E-state index contributed by atoms with van der Waals surface area (Å²) in [5.41, 5.74) is 3.50. The minimum Gasteiger partial charge on any atom is -0.452 e. The molecule has 1 amide bonds. The first-order chi connectivity index (χ1) is 22.9. The molecule has 0 atom stereocenters. The molecule has 2 aliphatic rings. The smallest absolute Gasteiger partial charge is 0.339 e. The number of hydrogen-bond donors (Lipinski definition) is 1. The summed E-state index contributed by atoms with van der Waals surface area (Å²) in [6, 6.07) is 27.7. The van der Waals surface area contributed by atoms with Gasteiger partial charge in [0.1, 0.15) is 0 Å². The monoisotopic (exact) mass is 650 g/mol. The molecule has 7 rings (SSSR count). The Hall–Kier alpha value is -4.84. The van der Waals surface area contributed by atoms with Crippen molar-refractivity contribution in [2.24, 2.45) is 0 Å². The standard InChI is InChI=1S/C36H34N4O6S/c41-35(38-33-22-26(14-15-34(33)39-16-5-6-17-39)47(43,44)40-18-20-45-21-19-40)24-46-36(42)30-23-32(37-31-13-4-3-11-29(30)31)28-12-7-9-25-8-1-2-10-27(25)28/h1-4,7-15,22-23H,5-6,16-21,24H2,(H,38,41). The van der Waals surface area contributed by atoms with Crippen LogP contribution in [0.4, 0.5) is 11.4 Å². The lowest BCUT2D eigenvalue weighted by Gasteiger charge is -2.27. The maximum absolute atomic E-state index is 13.6. The number of morpholine rings is 1. The van der Waals surface area contributed by atoms with Gasteiger partial charge in [-0.1, -0.05) is 60.7 Å². The molecule has 10 nitrogen and oxygen atoms in total. The number of nitrogens with one attached hydrogen (secondary N) is 1. The summed E-state index contributed by atoms with van der Waals surface area (Å²) in [6.07, 6.45) is 2.00. The Bertz CT molecular complexity index is 2080. The first kappa shape index (κ1) is 30.8. The van der Waals surface area contributed by atoms with Gasteiger partial charge in [0, 0.05) is 37.1 Å². The van der Waals surface area contributed by atoms with Crippen molar-refractivity contribution in [3.05, 3.63) is 96.6 Å². The number of nitrogens with zero attached hydrogens (tertiary/aromatic N) is 3. The Morgan fingerprint density at radius 2 is 1.55 bits per heavy atom. The number of fused-ring (bicyclic) bond motifs is 2. The summed E-state index contributed by atoms with van der Waals surface area (Å²) < 4.78 is 39.1. The van der Waals surface area contributed by atoms with Crippen LogP contribution in [-0.2, 0) is 24.3 Å². The Morgan fingerprint density at radius 1 is 0.830 bits per heavy atom. The number of hydrogen-bond acceptors (Lipinski definition) is 8. The van der Waals surface area contributed by atoms with Gasteiger partial charge in [-0.25, -0.2) is 18.2 Å². The third-order valence-corrected chi connectivity index (χ3v) is 10.5. The highest BCUT2D eigenvalue weighted by Gasteiger charge is 2.28. The maximum Gasteiger partial charge on any atom is 0.339 e. The highest BCUT2D eigenvalue weighted by atomic mass is 32.2. The summed E-state index contributed by atoms with van der Waals surface area (Å²) in [5.74, 6) is -1.24. The van der Waals surface area contributed by atoms with Gasteiger partial charge in [0.2, 0.25) is 10.0 Å². The lowest BCUT2D eigenvalue weighted by Crippen LogP contribution is -2.40. The lowest BCUT2D eigenvalue weighted by atomic mass is 9.99. The fourth-order valence-corrected chi connectivity index (χ4v) is 7.71. The number of sulfonamides is 1. The molecule has 0 saturated carbocycles. The predicted octanol–water partition coefficient (Wildman–Crippen LogP) is 5.47. The number of esters is 1. The van der Waals surface area contributed by atoms with E-state index in [-0.39, 0.29) is 18.0 Å². The van der Waals surface area contributed by atoms with Crippen LogP contribution in [0.15, 0.2) is 95.9 Å². The Balaban J connectivity index is 1.14. The van der Waals surface area contributed by atoms with Crippen LogP contribution in [0.3, 0.4) is 0 Å². The normalized spacial score (nSPS) is 15.6. The molecule has 1 aromatic heterocycles. The molecule has 2 fully saturated rings. The summed E-state index contributed by atoms with van der Waals surface area (Å²) >= 11 is 0. The minimum absolute atomic E-state index is 0.0823. The van der Waals surface area contributed by atoms with Crippen molar-refractivity contribution in [3.63, 3.8) is 0 Å². The number of carbonyl (C=O) groups is 2. The first-order valence-electron chi connectivity index (χ1n) is 15.7. The number of carbonyl (C=O) groups excluding carboxylic acids is 2. The molecule has 47 heavy (non-hydrogen) atoms. The van der Waals surface area contributed by atoms with Gasteiger partial charge in [0.15, 0.2) is 6.61 Å². The number of aromatic nitrogens is 1. The van der Waals surface area contributed by atoms with E-state index < -0.39 is 28.5 Å². The van der Waals surface area contributed by atoms with Crippen molar-refractivity contribution in [3.8, 4) is 11.3 Å². The van der Waals surface area contributed by atoms with E-state index in [1.807, 2.05) is 60.7 Å². The second-order valence-electron chi connectivity index (χ2n) is 11.6. The van der Waals surface area contributed by atoms with Crippen LogP contribution in [0.1, 0.15) is 23.2 Å². The topological polar surface area (TPSA) is 118 Å². The van der Waals surface area contributed by atoms with Crippen LogP contribution in [-0.4, -0.2) is 75.6 Å². The molecule has 0 bridgehead atoms. The second kappa shape index (κ2) is 13.1. The van der Waals surface area contributed by atoms with Gasteiger partial charge in [0.25, 0.3) is 5.91 Å². The summed E-state index contributed by atoms with van der Waals surface area (Å²) in [4.78, 5) is 33.9. The van der Waals surface area contributed by atoms with Crippen LogP contribution >= 0.6 is 0 Å². The minimum atomic E-state index is -3.79. The molecule has 0 unspecified atom stereocenters. The van der Waals surface area contributed by atoms with Crippen LogP contribution in [0, 0.1) is 0 Å². The number of anilines is 2. The second-order valence-corrected chi connectivity index (χ2v) is 13.6. The van der Waals surface area contributed by atoms with E-state index >= 15 is 0 Å². The molecular formula is C36H34N4O6S. The van der Waals surface area contributed by atoms with E-state index in [9.17, 15) is 18.0 Å². The highest BCUT2D eigenvalue weighted by molar-refractivity contribution is 7.89. The van der Waals surface area contributed by atoms with Crippen LogP contribution in [0.2, 0.25) is 0 Å². The van der Waals surface area contributed by atoms with Gasteiger partial charge in [-0.2, -0.15) is 4.31 Å². The number of ether oxygens (including phenoxy) is 2. The molecule has 2 aliphatic heterocycles. The molecule has 3 heterocycles. The summed E-state index contributed by atoms with van der Waals surface area (Å²) in [7, 11) is -3.79. The molecule has 2 saturated heterocycles. The molecular weight excluding hydrogens is 616 g/mol. The highest BCUT2D eigenvalue weighted by Crippen LogP contribution is 2.33. The third-order valence-electron chi connectivity index (χ3n) is 8.63. The zero-order valence-corrected chi connectivity index (χ0v) is 26.5. The van der Waals surface area contributed by atoms with Gasteiger partial charge >= 0.3 is 5.97 Å². The molecule has 5 aromatic rings. The number of para-hydroxylation sites is 1. The van der Waals surface area contributed by atoms with E-state index in [0.717, 1.165) is 48.0 Å². The van der Waals surface area contributed by atoms with Gasteiger partial charge in [0.05, 0.1) is 46.3 Å².